The molecule has 0 spiro atoms. The number of halogens is 1. The van der Waals surface area contributed by atoms with Crippen molar-refractivity contribution < 1.29 is 0 Å². The highest BCUT2D eigenvalue weighted by molar-refractivity contribution is 6.33. The Morgan fingerprint density at radius 1 is 1.03 bits per heavy atom. The van der Waals surface area contributed by atoms with E-state index in [1.54, 1.807) is 0 Å². The number of hydrogen-bond donors (Lipinski definition) is 1. The van der Waals surface area contributed by atoms with Crippen molar-refractivity contribution in [2.24, 2.45) is 0 Å². The Labute approximate surface area is 182 Å². The Balaban J connectivity index is 1.35. The molecule has 3 aromatic rings. The van der Waals surface area contributed by atoms with Gasteiger partial charge in [-0.1, -0.05) is 30.9 Å². The first-order valence-electron chi connectivity index (χ1n) is 10.9. The molecule has 1 aromatic carbocycles. The average Bonchev–Trinajstić information content (AvgIpc) is 3.19. The predicted molar refractivity (Wildman–Crippen MR) is 122 cm³/mol. The van der Waals surface area contributed by atoms with Gasteiger partial charge >= 0.3 is 0 Å². The number of nitrogens with zero attached hydrogens (tertiary/aromatic N) is 6. The van der Waals surface area contributed by atoms with Crippen LogP contribution in [0.1, 0.15) is 38.1 Å². The summed E-state index contributed by atoms with van der Waals surface area (Å²) in [5.74, 6) is 0.573. The highest BCUT2D eigenvalue weighted by atomic mass is 35.5. The molecule has 1 saturated carbocycles. The van der Waals surface area contributed by atoms with Gasteiger partial charge in [-0.15, -0.1) is 0 Å². The summed E-state index contributed by atoms with van der Waals surface area (Å²) in [6.07, 6.45) is 9.91. The van der Waals surface area contributed by atoms with E-state index in [2.05, 4.69) is 43.0 Å². The number of likely N-dealkylation sites (N-methyl/N-ethyl adjacent to an activating group) is 1. The van der Waals surface area contributed by atoms with E-state index in [4.69, 9.17) is 16.6 Å². The number of hydrogen-bond acceptors (Lipinski definition) is 6. The summed E-state index contributed by atoms with van der Waals surface area (Å²) in [5.41, 5.74) is 2.88. The van der Waals surface area contributed by atoms with Crippen molar-refractivity contribution in [2.75, 3.05) is 43.4 Å². The fraction of sp³-hybridized carbons (Fsp3) is 0.500. The SMILES string of the molecule is CN1CCN(c2ccc(Nc3ncc4cnn(C5CCCCC5)c4n3)cc2Cl)CC1. The zero-order chi connectivity index (χ0) is 20.5. The molecule has 1 N–H and O–H groups in total. The first-order valence-corrected chi connectivity index (χ1v) is 11.3. The van der Waals surface area contributed by atoms with Crippen LogP contribution in [-0.4, -0.2) is 57.9 Å². The van der Waals surface area contributed by atoms with Gasteiger partial charge in [-0.25, -0.2) is 9.67 Å². The number of piperazine rings is 1. The summed E-state index contributed by atoms with van der Waals surface area (Å²) in [4.78, 5) is 13.9. The Bertz CT molecular complexity index is 1020. The van der Waals surface area contributed by atoms with E-state index >= 15 is 0 Å². The molecule has 1 saturated heterocycles. The van der Waals surface area contributed by atoms with Crippen LogP contribution in [0.3, 0.4) is 0 Å². The van der Waals surface area contributed by atoms with E-state index in [0.29, 0.717) is 12.0 Å². The standard InChI is InChI=1S/C22H28ClN7/c1-28-9-11-29(12-10-28)20-8-7-17(13-19(20)23)26-22-24-14-16-15-25-30(21(16)27-22)18-5-3-2-4-6-18/h7-8,13-15,18H,2-6,9-12H2,1H3,(H,24,26,27). The zero-order valence-corrected chi connectivity index (χ0v) is 18.1. The maximum absolute atomic E-state index is 6.62. The fourth-order valence-corrected chi connectivity index (χ4v) is 4.81. The Morgan fingerprint density at radius 2 is 1.83 bits per heavy atom. The van der Waals surface area contributed by atoms with Crippen LogP contribution in [0.15, 0.2) is 30.6 Å². The van der Waals surface area contributed by atoms with Gasteiger partial charge in [-0.2, -0.15) is 10.1 Å². The molecule has 2 aromatic heterocycles. The second-order valence-electron chi connectivity index (χ2n) is 8.44. The van der Waals surface area contributed by atoms with Crippen molar-refractivity contribution in [1.82, 2.24) is 24.6 Å². The van der Waals surface area contributed by atoms with Gasteiger partial charge in [0.1, 0.15) is 0 Å². The van der Waals surface area contributed by atoms with E-state index in [9.17, 15) is 0 Å². The summed E-state index contributed by atoms with van der Waals surface area (Å²) in [7, 11) is 2.16. The summed E-state index contributed by atoms with van der Waals surface area (Å²) < 4.78 is 2.09. The van der Waals surface area contributed by atoms with Gasteiger partial charge in [-0.3, -0.25) is 0 Å². The number of rotatable bonds is 4. The van der Waals surface area contributed by atoms with Crippen molar-refractivity contribution in [3.63, 3.8) is 0 Å². The van der Waals surface area contributed by atoms with Crippen molar-refractivity contribution in [3.8, 4) is 0 Å². The maximum Gasteiger partial charge on any atom is 0.229 e. The molecular formula is C22H28ClN7. The molecule has 5 rings (SSSR count). The largest absolute Gasteiger partial charge is 0.368 e. The minimum Gasteiger partial charge on any atom is -0.368 e. The van der Waals surface area contributed by atoms with Gasteiger partial charge in [0.05, 0.1) is 28.3 Å². The lowest BCUT2D eigenvalue weighted by Gasteiger charge is -2.34. The van der Waals surface area contributed by atoms with Gasteiger partial charge in [0.2, 0.25) is 5.95 Å². The second kappa shape index (κ2) is 8.40. The summed E-state index contributed by atoms with van der Waals surface area (Å²) in [6.45, 7) is 4.10. The lowest BCUT2D eigenvalue weighted by Crippen LogP contribution is -2.44. The summed E-state index contributed by atoms with van der Waals surface area (Å²) in [5, 5.41) is 9.65. The van der Waals surface area contributed by atoms with Crippen LogP contribution < -0.4 is 10.2 Å². The predicted octanol–water partition coefficient (Wildman–Crippen LogP) is 4.48. The Hall–Kier alpha value is -2.38. The quantitative estimate of drug-likeness (QED) is 0.664. The number of fused-ring (bicyclic) bond motifs is 1. The van der Waals surface area contributed by atoms with Gasteiger partial charge in [-0.05, 0) is 38.1 Å². The van der Waals surface area contributed by atoms with Crippen LogP contribution in [-0.2, 0) is 0 Å². The minimum absolute atomic E-state index is 0.441. The molecule has 8 heteroatoms. The third-order valence-electron chi connectivity index (χ3n) is 6.30. The molecule has 7 nitrogen and oxygen atoms in total. The number of anilines is 3. The fourth-order valence-electron chi connectivity index (χ4n) is 4.51. The zero-order valence-electron chi connectivity index (χ0n) is 17.4. The Kier molecular flexibility index (Phi) is 5.48. The van der Waals surface area contributed by atoms with E-state index in [-0.39, 0.29) is 0 Å². The second-order valence-corrected chi connectivity index (χ2v) is 8.84. The number of aromatic nitrogens is 4. The average molecular weight is 426 g/mol. The highest BCUT2D eigenvalue weighted by Crippen LogP contribution is 2.32. The summed E-state index contributed by atoms with van der Waals surface area (Å²) in [6, 6.07) is 6.53. The Morgan fingerprint density at radius 3 is 2.60 bits per heavy atom. The van der Waals surface area contributed by atoms with E-state index in [0.717, 1.165) is 53.6 Å². The first kappa shape index (κ1) is 19.6. The molecule has 0 bridgehead atoms. The summed E-state index contributed by atoms with van der Waals surface area (Å²) >= 11 is 6.62. The molecule has 0 unspecified atom stereocenters. The normalized spacial score (nSPS) is 18.8. The lowest BCUT2D eigenvalue weighted by atomic mass is 9.96. The number of benzene rings is 1. The monoisotopic (exact) mass is 425 g/mol. The van der Waals surface area contributed by atoms with Crippen LogP contribution in [0, 0.1) is 0 Å². The third-order valence-corrected chi connectivity index (χ3v) is 6.61. The van der Waals surface area contributed by atoms with Crippen molar-refractivity contribution in [1.29, 1.82) is 0 Å². The molecule has 2 aliphatic rings. The van der Waals surface area contributed by atoms with E-state index in [1.165, 1.54) is 32.1 Å². The van der Waals surface area contributed by atoms with Crippen LogP contribution in [0.2, 0.25) is 5.02 Å². The van der Waals surface area contributed by atoms with Crippen LogP contribution >= 0.6 is 11.6 Å². The number of nitrogens with one attached hydrogen (secondary N) is 1. The molecular weight excluding hydrogens is 398 g/mol. The molecule has 158 valence electrons. The topological polar surface area (TPSA) is 62.1 Å². The van der Waals surface area contributed by atoms with Crippen molar-refractivity contribution in [2.45, 2.75) is 38.1 Å². The molecule has 0 radical (unpaired) electrons. The van der Waals surface area contributed by atoms with Crippen molar-refractivity contribution >= 4 is 40.0 Å². The molecule has 0 amide bonds. The first-order chi connectivity index (χ1) is 14.7. The van der Waals surface area contributed by atoms with Crippen molar-refractivity contribution in [3.05, 3.63) is 35.6 Å². The maximum atomic E-state index is 6.62. The molecule has 1 aliphatic heterocycles. The molecule has 1 aliphatic carbocycles. The van der Waals surface area contributed by atoms with E-state index < -0.39 is 0 Å². The lowest BCUT2D eigenvalue weighted by molar-refractivity contribution is 0.313. The molecule has 3 heterocycles. The van der Waals surface area contributed by atoms with Gasteiger partial charge < -0.3 is 15.1 Å². The van der Waals surface area contributed by atoms with Gasteiger partial charge in [0, 0.05) is 38.1 Å². The molecule has 2 fully saturated rings. The highest BCUT2D eigenvalue weighted by Gasteiger charge is 2.20. The smallest absolute Gasteiger partial charge is 0.229 e. The molecule has 30 heavy (non-hydrogen) atoms. The van der Waals surface area contributed by atoms with E-state index in [1.807, 2.05) is 24.5 Å². The van der Waals surface area contributed by atoms with Crippen LogP contribution in [0.4, 0.5) is 17.3 Å². The molecule has 0 atom stereocenters. The van der Waals surface area contributed by atoms with Gasteiger partial charge in [0.15, 0.2) is 5.65 Å². The minimum atomic E-state index is 0.441. The van der Waals surface area contributed by atoms with Crippen LogP contribution in [0.5, 0.6) is 0 Å². The third kappa shape index (κ3) is 3.96. The van der Waals surface area contributed by atoms with Gasteiger partial charge in [0.25, 0.3) is 0 Å². The van der Waals surface area contributed by atoms with Crippen LogP contribution in [0.25, 0.3) is 11.0 Å².